The summed E-state index contributed by atoms with van der Waals surface area (Å²) in [6.45, 7) is 7.98. The number of fused-ring (bicyclic) bond motifs is 1. The Bertz CT molecular complexity index is 1220. The molecule has 0 spiro atoms. The van der Waals surface area contributed by atoms with Crippen molar-refractivity contribution in [2.75, 3.05) is 32.1 Å². The molecule has 172 valence electrons. The number of aromatic nitrogens is 4. The van der Waals surface area contributed by atoms with Crippen LogP contribution in [0, 0.1) is 13.8 Å². The first kappa shape index (κ1) is 22.7. The smallest absolute Gasteiger partial charge is 0.179 e. The molecule has 7 nitrogen and oxygen atoms in total. The van der Waals surface area contributed by atoms with Crippen molar-refractivity contribution in [1.82, 2.24) is 25.3 Å². The number of aryl methyl sites for hydroxylation is 2. The summed E-state index contributed by atoms with van der Waals surface area (Å²) >= 11 is 0. The van der Waals surface area contributed by atoms with Gasteiger partial charge in [-0.05, 0) is 44.6 Å². The SMILES string of the molecule is CCNCC[C@H](Oc1ccccc1-n1nc2c(N(C)C)nnc(C)c2c1C)c1ccccc1. The van der Waals surface area contributed by atoms with Gasteiger partial charge in [0.15, 0.2) is 5.82 Å². The first-order valence-electron chi connectivity index (χ1n) is 11.4. The van der Waals surface area contributed by atoms with Crippen molar-refractivity contribution in [2.45, 2.75) is 33.3 Å². The maximum atomic E-state index is 6.65. The maximum Gasteiger partial charge on any atom is 0.179 e. The molecule has 4 aromatic rings. The average Bonchev–Trinajstić information content (AvgIpc) is 3.17. The summed E-state index contributed by atoms with van der Waals surface area (Å²) in [5.74, 6) is 1.55. The maximum absolute atomic E-state index is 6.65. The van der Waals surface area contributed by atoms with Crippen molar-refractivity contribution in [3.63, 3.8) is 0 Å². The van der Waals surface area contributed by atoms with Crippen LogP contribution in [0.15, 0.2) is 54.6 Å². The third-order valence-electron chi connectivity index (χ3n) is 5.78. The lowest BCUT2D eigenvalue weighted by Gasteiger charge is -2.22. The standard InChI is InChI=1S/C26H32N6O/c1-6-27-17-16-22(20-12-8-7-9-13-20)33-23-15-11-10-14-21(23)32-19(3)24-18(2)28-29-26(31(4)5)25(24)30-32/h7-15,22,27H,6,16-17H2,1-5H3/t22-/m0/s1. The summed E-state index contributed by atoms with van der Waals surface area (Å²) < 4.78 is 8.60. The summed E-state index contributed by atoms with van der Waals surface area (Å²) in [7, 11) is 3.91. The molecule has 0 amide bonds. The van der Waals surface area contributed by atoms with Gasteiger partial charge in [0.2, 0.25) is 0 Å². The quantitative estimate of drug-likeness (QED) is 0.380. The van der Waals surface area contributed by atoms with E-state index in [4.69, 9.17) is 9.84 Å². The molecular formula is C26H32N6O. The molecule has 2 aromatic heterocycles. The number of hydrogen-bond acceptors (Lipinski definition) is 6. The van der Waals surface area contributed by atoms with Crippen molar-refractivity contribution >= 4 is 16.7 Å². The van der Waals surface area contributed by atoms with Crippen LogP contribution in [0.3, 0.4) is 0 Å². The van der Waals surface area contributed by atoms with E-state index in [1.54, 1.807) is 0 Å². The Morgan fingerprint density at radius 2 is 1.73 bits per heavy atom. The molecule has 33 heavy (non-hydrogen) atoms. The Kier molecular flexibility index (Phi) is 6.89. The van der Waals surface area contributed by atoms with Crippen LogP contribution in [0.4, 0.5) is 5.82 Å². The lowest BCUT2D eigenvalue weighted by molar-refractivity contribution is 0.193. The molecule has 4 rings (SSSR count). The molecule has 0 saturated carbocycles. The number of nitrogens with zero attached hydrogens (tertiary/aromatic N) is 5. The van der Waals surface area contributed by atoms with Gasteiger partial charge in [0.1, 0.15) is 23.1 Å². The molecule has 7 heteroatoms. The summed E-state index contributed by atoms with van der Waals surface area (Å²) in [5, 5.41) is 18.1. The number of anilines is 1. The Morgan fingerprint density at radius 1 is 1.00 bits per heavy atom. The second kappa shape index (κ2) is 10.0. The van der Waals surface area contributed by atoms with E-state index in [1.165, 1.54) is 0 Å². The zero-order valence-electron chi connectivity index (χ0n) is 20.0. The Labute approximate surface area is 195 Å². The summed E-state index contributed by atoms with van der Waals surface area (Å²) in [6.07, 6.45) is 0.795. The van der Waals surface area contributed by atoms with Gasteiger partial charge in [-0.25, -0.2) is 4.68 Å². The first-order valence-corrected chi connectivity index (χ1v) is 11.4. The van der Waals surface area contributed by atoms with Gasteiger partial charge in [-0.2, -0.15) is 10.2 Å². The average molecular weight is 445 g/mol. The van der Waals surface area contributed by atoms with Gasteiger partial charge in [0, 0.05) is 20.5 Å². The number of benzene rings is 2. The van der Waals surface area contributed by atoms with E-state index in [0.29, 0.717) is 0 Å². The van der Waals surface area contributed by atoms with Gasteiger partial charge in [-0.15, -0.1) is 5.10 Å². The fourth-order valence-corrected chi connectivity index (χ4v) is 4.10. The minimum atomic E-state index is -0.0703. The third-order valence-corrected chi connectivity index (χ3v) is 5.78. The second-order valence-electron chi connectivity index (χ2n) is 8.35. The van der Waals surface area contributed by atoms with Gasteiger partial charge in [0.05, 0.1) is 16.8 Å². The highest BCUT2D eigenvalue weighted by atomic mass is 16.5. The van der Waals surface area contributed by atoms with E-state index in [-0.39, 0.29) is 6.10 Å². The van der Waals surface area contributed by atoms with Gasteiger partial charge in [0.25, 0.3) is 0 Å². The molecule has 2 heterocycles. The molecule has 0 saturated heterocycles. The van der Waals surface area contributed by atoms with Gasteiger partial charge in [-0.1, -0.05) is 49.4 Å². The number of ether oxygens (including phenoxy) is 1. The van der Waals surface area contributed by atoms with Crippen LogP contribution in [0.2, 0.25) is 0 Å². The highest BCUT2D eigenvalue weighted by molar-refractivity contribution is 5.92. The van der Waals surface area contributed by atoms with E-state index in [2.05, 4.69) is 53.6 Å². The van der Waals surface area contributed by atoms with Crippen molar-refractivity contribution in [3.05, 3.63) is 71.5 Å². The van der Waals surface area contributed by atoms with Crippen LogP contribution in [0.1, 0.15) is 36.4 Å². The number of para-hydroxylation sites is 2. The fourth-order valence-electron chi connectivity index (χ4n) is 4.10. The Morgan fingerprint density at radius 3 is 2.45 bits per heavy atom. The molecule has 0 aliphatic rings. The molecule has 0 bridgehead atoms. The third kappa shape index (κ3) is 4.68. The van der Waals surface area contributed by atoms with E-state index in [0.717, 1.165) is 64.6 Å². The fraction of sp³-hybridized carbons (Fsp3) is 0.346. The molecule has 1 N–H and O–H groups in total. The normalized spacial score (nSPS) is 12.2. The summed E-state index contributed by atoms with van der Waals surface area (Å²) in [4.78, 5) is 1.94. The van der Waals surface area contributed by atoms with Crippen LogP contribution >= 0.6 is 0 Å². The van der Waals surface area contributed by atoms with Gasteiger partial charge < -0.3 is 15.0 Å². The van der Waals surface area contributed by atoms with Crippen LogP contribution < -0.4 is 15.0 Å². The van der Waals surface area contributed by atoms with Crippen LogP contribution in [0.5, 0.6) is 5.75 Å². The highest BCUT2D eigenvalue weighted by Gasteiger charge is 2.21. The van der Waals surface area contributed by atoms with E-state index >= 15 is 0 Å². The molecule has 1 atom stereocenters. The molecule has 0 unspecified atom stereocenters. The highest BCUT2D eigenvalue weighted by Crippen LogP contribution is 2.33. The molecule has 0 aliphatic carbocycles. The van der Waals surface area contributed by atoms with Gasteiger partial charge in [-0.3, -0.25) is 0 Å². The predicted octanol–water partition coefficient (Wildman–Crippen LogP) is 4.62. The topological polar surface area (TPSA) is 68.1 Å². The zero-order chi connectivity index (χ0) is 23.4. The van der Waals surface area contributed by atoms with E-state index in [9.17, 15) is 0 Å². The first-order chi connectivity index (χ1) is 16.0. The number of rotatable bonds is 9. The molecule has 0 aliphatic heterocycles. The van der Waals surface area contributed by atoms with Crippen LogP contribution in [0.25, 0.3) is 16.6 Å². The van der Waals surface area contributed by atoms with E-state index < -0.39 is 0 Å². The Balaban J connectivity index is 1.77. The minimum Gasteiger partial charge on any atom is -0.483 e. The van der Waals surface area contributed by atoms with Crippen LogP contribution in [-0.4, -0.2) is 47.2 Å². The number of nitrogens with one attached hydrogen (secondary N) is 1. The molecular weight excluding hydrogens is 412 g/mol. The molecule has 0 fully saturated rings. The van der Waals surface area contributed by atoms with Crippen molar-refractivity contribution in [2.24, 2.45) is 0 Å². The lowest BCUT2D eigenvalue weighted by Crippen LogP contribution is -2.20. The predicted molar refractivity (Wildman–Crippen MR) is 133 cm³/mol. The molecule has 0 radical (unpaired) electrons. The monoisotopic (exact) mass is 444 g/mol. The van der Waals surface area contributed by atoms with Gasteiger partial charge >= 0.3 is 0 Å². The lowest BCUT2D eigenvalue weighted by atomic mass is 10.1. The number of hydrogen-bond donors (Lipinski definition) is 1. The van der Waals surface area contributed by atoms with Crippen molar-refractivity contribution in [3.8, 4) is 11.4 Å². The second-order valence-corrected chi connectivity index (χ2v) is 8.35. The summed E-state index contributed by atoms with van der Waals surface area (Å²) in [6, 6.07) is 18.5. The minimum absolute atomic E-state index is 0.0703. The van der Waals surface area contributed by atoms with Crippen molar-refractivity contribution in [1.29, 1.82) is 0 Å². The molecule has 2 aromatic carbocycles. The largest absolute Gasteiger partial charge is 0.483 e. The zero-order valence-corrected chi connectivity index (χ0v) is 20.0. The van der Waals surface area contributed by atoms with Crippen LogP contribution in [-0.2, 0) is 0 Å². The Hall–Kier alpha value is -3.45. The summed E-state index contributed by atoms with van der Waals surface area (Å²) in [5.41, 5.74) is 4.78. The van der Waals surface area contributed by atoms with Crippen molar-refractivity contribution < 1.29 is 4.74 Å². The van der Waals surface area contributed by atoms with E-state index in [1.807, 2.05) is 60.9 Å².